The summed E-state index contributed by atoms with van der Waals surface area (Å²) in [5, 5.41) is 2.08. The molecule has 14 heavy (non-hydrogen) atoms. The first-order valence-electron chi connectivity index (χ1n) is 5.14. The third kappa shape index (κ3) is 5.13. The predicted molar refractivity (Wildman–Crippen MR) is 70.6 cm³/mol. The third-order valence-corrected chi connectivity index (χ3v) is 4.91. The number of rotatable bonds is 7. The Morgan fingerprint density at radius 1 is 1.07 bits per heavy atom. The molecule has 0 aromatic heterocycles. The van der Waals surface area contributed by atoms with Gasteiger partial charge < -0.3 is 4.74 Å². The van der Waals surface area contributed by atoms with E-state index in [1.807, 2.05) is 0 Å². The highest BCUT2D eigenvalue weighted by molar-refractivity contribution is 9.09. The molecule has 0 saturated carbocycles. The second kappa shape index (κ2) is 7.24. The SMILES string of the molecule is COC(C)CC(CBr)(CBr)CC(C)C. The number of alkyl halides is 2. The van der Waals surface area contributed by atoms with Crippen LogP contribution in [0.2, 0.25) is 0 Å². The zero-order chi connectivity index (χ0) is 11.2. The van der Waals surface area contributed by atoms with Gasteiger partial charge in [0, 0.05) is 17.8 Å². The number of hydrogen-bond donors (Lipinski definition) is 0. The van der Waals surface area contributed by atoms with Gasteiger partial charge >= 0.3 is 0 Å². The maximum Gasteiger partial charge on any atom is 0.0549 e. The van der Waals surface area contributed by atoms with Gasteiger partial charge in [0.2, 0.25) is 0 Å². The van der Waals surface area contributed by atoms with E-state index >= 15 is 0 Å². The first-order valence-corrected chi connectivity index (χ1v) is 7.38. The molecule has 1 atom stereocenters. The molecule has 0 aliphatic carbocycles. The van der Waals surface area contributed by atoms with Gasteiger partial charge in [-0.05, 0) is 31.1 Å². The van der Waals surface area contributed by atoms with Crippen molar-refractivity contribution < 1.29 is 4.74 Å². The molecule has 0 aromatic carbocycles. The largest absolute Gasteiger partial charge is 0.382 e. The molecule has 1 nitrogen and oxygen atoms in total. The van der Waals surface area contributed by atoms with Gasteiger partial charge in [0.15, 0.2) is 0 Å². The molecule has 0 rings (SSSR count). The summed E-state index contributed by atoms with van der Waals surface area (Å²) < 4.78 is 5.35. The van der Waals surface area contributed by atoms with Gasteiger partial charge in [-0.25, -0.2) is 0 Å². The second-order valence-electron chi connectivity index (χ2n) is 4.62. The van der Waals surface area contributed by atoms with Crippen LogP contribution in [0.25, 0.3) is 0 Å². The Balaban J connectivity index is 4.36. The predicted octanol–water partition coefficient (Wildman–Crippen LogP) is 4.23. The summed E-state index contributed by atoms with van der Waals surface area (Å²) in [6, 6.07) is 0. The molecule has 0 saturated heterocycles. The van der Waals surface area contributed by atoms with E-state index in [2.05, 4.69) is 52.6 Å². The van der Waals surface area contributed by atoms with E-state index < -0.39 is 0 Å². The smallest absolute Gasteiger partial charge is 0.0549 e. The van der Waals surface area contributed by atoms with E-state index in [4.69, 9.17) is 4.74 Å². The van der Waals surface area contributed by atoms with Crippen LogP contribution in [0.1, 0.15) is 33.6 Å². The third-order valence-electron chi connectivity index (χ3n) is 2.53. The van der Waals surface area contributed by atoms with Gasteiger partial charge in [-0.1, -0.05) is 45.7 Å². The standard InChI is InChI=1S/C11H22Br2O/c1-9(2)5-11(7-12,8-13)6-10(3)14-4/h9-10H,5-8H2,1-4H3. The lowest BCUT2D eigenvalue weighted by atomic mass is 9.79. The van der Waals surface area contributed by atoms with Crippen molar-refractivity contribution in [3.05, 3.63) is 0 Å². The maximum atomic E-state index is 5.35. The molecule has 0 amide bonds. The van der Waals surface area contributed by atoms with Crippen LogP contribution in [0.4, 0.5) is 0 Å². The first-order chi connectivity index (χ1) is 6.49. The van der Waals surface area contributed by atoms with Crippen LogP contribution >= 0.6 is 31.9 Å². The quantitative estimate of drug-likeness (QED) is 0.635. The number of methoxy groups -OCH3 is 1. The summed E-state index contributed by atoms with van der Waals surface area (Å²) in [4.78, 5) is 0. The van der Waals surface area contributed by atoms with Gasteiger partial charge in [0.1, 0.15) is 0 Å². The molecule has 0 aliphatic rings. The summed E-state index contributed by atoms with van der Waals surface area (Å²) >= 11 is 7.27. The fourth-order valence-corrected chi connectivity index (χ4v) is 3.74. The van der Waals surface area contributed by atoms with Crippen LogP contribution in [0, 0.1) is 11.3 Å². The lowest BCUT2D eigenvalue weighted by Crippen LogP contribution is -2.31. The van der Waals surface area contributed by atoms with E-state index in [1.54, 1.807) is 7.11 Å². The van der Waals surface area contributed by atoms with Crippen molar-refractivity contribution in [1.29, 1.82) is 0 Å². The molecule has 0 fully saturated rings. The highest BCUT2D eigenvalue weighted by Crippen LogP contribution is 2.36. The van der Waals surface area contributed by atoms with Gasteiger partial charge in [0.05, 0.1) is 6.10 Å². The Labute approximate surface area is 105 Å². The Morgan fingerprint density at radius 2 is 1.57 bits per heavy atom. The van der Waals surface area contributed by atoms with Gasteiger partial charge in [-0.15, -0.1) is 0 Å². The average molecular weight is 330 g/mol. The molecule has 0 aliphatic heterocycles. The highest BCUT2D eigenvalue weighted by Gasteiger charge is 2.30. The molecule has 1 unspecified atom stereocenters. The lowest BCUT2D eigenvalue weighted by Gasteiger charge is -2.34. The molecule has 0 spiro atoms. The van der Waals surface area contributed by atoms with Gasteiger partial charge in [0.25, 0.3) is 0 Å². The van der Waals surface area contributed by atoms with Crippen molar-refractivity contribution in [2.75, 3.05) is 17.8 Å². The Morgan fingerprint density at radius 3 is 1.86 bits per heavy atom. The van der Waals surface area contributed by atoms with Crippen molar-refractivity contribution in [1.82, 2.24) is 0 Å². The minimum Gasteiger partial charge on any atom is -0.382 e. The van der Waals surface area contributed by atoms with Gasteiger partial charge in [-0.3, -0.25) is 0 Å². The number of ether oxygens (including phenoxy) is 1. The van der Waals surface area contributed by atoms with E-state index in [1.165, 1.54) is 6.42 Å². The zero-order valence-corrected chi connectivity index (χ0v) is 12.8. The molecule has 3 heteroatoms. The number of halogens is 2. The molecule has 0 aromatic rings. The monoisotopic (exact) mass is 328 g/mol. The van der Waals surface area contributed by atoms with E-state index in [0.717, 1.165) is 23.0 Å². The minimum atomic E-state index is 0.337. The van der Waals surface area contributed by atoms with Crippen LogP contribution in [0.5, 0.6) is 0 Å². The minimum absolute atomic E-state index is 0.337. The summed E-state index contributed by atoms with van der Waals surface area (Å²) in [6.45, 7) is 6.69. The second-order valence-corrected chi connectivity index (χ2v) is 5.74. The van der Waals surface area contributed by atoms with E-state index in [0.29, 0.717) is 11.5 Å². The van der Waals surface area contributed by atoms with Gasteiger partial charge in [-0.2, -0.15) is 0 Å². The summed E-state index contributed by atoms with van der Waals surface area (Å²) in [7, 11) is 1.78. The fourth-order valence-electron chi connectivity index (χ4n) is 1.90. The van der Waals surface area contributed by atoms with Crippen LogP contribution in [0.15, 0.2) is 0 Å². The van der Waals surface area contributed by atoms with Crippen molar-refractivity contribution in [3.8, 4) is 0 Å². The molecule has 0 radical (unpaired) electrons. The van der Waals surface area contributed by atoms with Crippen LogP contribution in [0.3, 0.4) is 0 Å². The highest BCUT2D eigenvalue weighted by atomic mass is 79.9. The Kier molecular flexibility index (Phi) is 7.71. The van der Waals surface area contributed by atoms with Crippen molar-refractivity contribution in [2.45, 2.75) is 39.7 Å². The van der Waals surface area contributed by atoms with Crippen molar-refractivity contribution in [3.63, 3.8) is 0 Å². The molecule has 0 bridgehead atoms. The summed E-state index contributed by atoms with van der Waals surface area (Å²) in [5.41, 5.74) is 0.337. The van der Waals surface area contributed by atoms with Crippen molar-refractivity contribution in [2.24, 2.45) is 11.3 Å². The topological polar surface area (TPSA) is 9.23 Å². The first kappa shape index (κ1) is 14.9. The molecule has 0 heterocycles. The summed E-state index contributed by atoms with van der Waals surface area (Å²) in [6.07, 6.45) is 2.68. The maximum absolute atomic E-state index is 5.35. The molecule has 0 N–H and O–H groups in total. The Bertz CT molecular complexity index is 144. The average Bonchev–Trinajstić information content (AvgIpc) is 2.15. The normalized spacial score (nSPS) is 14.8. The van der Waals surface area contributed by atoms with Crippen LogP contribution < -0.4 is 0 Å². The van der Waals surface area contributed by atoms with E-state index in [9.17, 15) is 0 Å². The summed E-state index contributed by atoms with van der Waals surface area (Å²) in [5.74, 6) is 0.731. The fraction of sp³-hybridized carbons (Fsp3) is 1.00. The van der Waals surface area contributed by atoms with E-state index in [-0.39, 0.29) is 0 Å². The van der Waals surface area contributed by atoms with Crippen LogP contribution in [-0.2, 0) is 4.74 Å². The lowest BCUT2D eigenvalue weighted by molar-refractivity contribution is 0.0724. The molecular formula is C11H22Br2O. The molecule has 86 valence electrons. The van der Waals surface area contributed by atoms with Crippen molar-refractivity contribution >= 4 is 31.9 Å². The number of hydrogen-bond acceptors (Lipinski definition) is 1. The Hall–Kier alpha value is 0.920. The van der Waals surface area contributed by atoms with Crippen LogP contribution in [-0.4, -0.2) is 23.9 Å². The molecular weight excluding hydrogens is 308 g/mol. The zero-order valence-electron chi connectivity index (χ0n) is 9.65.